The van der Waals surface area contributed by atoms with Gasteiger partial charge in [-0.25, -0.2) is 0 Å². The summed E-state index contributed by atoms with van der Waals surface area (Å²) >= 11 is 0. The molecule has 178 valence electrons. The molecule has 0 saturated carbocycles. The fourth-order valence-corrected chi connectivity index (χ4v) is 5.18. The van der Waals surface area contributed by atoms with Crippen molar-refractivity contribution in [1.82, 2.24) is 9.80 Å². The fourth-order valence-electron chi connectivity index (χ4n) is 5.18. The molecule has 4 heteroatoms. The highest BCUT2D eigenvalue weighted by Crippen LogP contribution is 2.36. The van der Waals surface area contributed by atoms with Crippen molar-refractivity contribution >= 4 is 10.8 Å². The molecular formula is C30H37N3O. The molecule has 1 aliphatic rings. The Bertz CT molecular complexity index is 1080. The molecule has 0 amide bonds. The van der Waals surface area contributed by atoms with E-state index in [1.807, 2.05) is 18.2 Å². The Hall–Kier alpha value is -2.87. The first-order valence-corrected chi connectivity index (χ1v) is 12.6. The van der Waals surface area contributed by atoms with E-state index in [0.717, 1.165) is 63.4 Å². The number of ether oxygens (including phenoxy) is 1. The molecule has 0 aliphatic carbocycles. The maximum Gasteiger partial charge on any atom is 0.127 e. The number of piperazine rings is 1. The van der Waals surface area contributed by atoms with Gasteiger partial charge in [-0.1, -0.05) is 80.6 Å². The maximum atomic E-state index is 10.1. The molecule has 1 unspecified atom stereocenters. The highest BCUT2D eigenvalue weighted by atomic mass is 16.5. The van der Waals surface area contributed by atoms with Gasteiger partial charge in [0.05, 0.1) is 11.5 Å². The summed E-state index contributed by atoms with van der Waals surface area (Å²) in [6, 6.07) is 27.7. The molecule has 0 bridgehead atoms. The Morgan fingerprint density at radius 1 is 0.853 bits per heavy atom. The second-order valence-corrected chi connectivity index (χ2v) is 9.72. The van der Waals surface area contributed by atoms with Crippen LogP contribution in [0.25, 0.3) is 10.8 Å². The molecule has 1 saturated heterocycles. The first kappa shape index (κ1) is 24.3. The topological polar surface area (TPSA) is 39.5 Å². The molecule has 4 rings (SSSR count). The van der Waals surface area contributed by atoms with Crippen LogP contribution >= 0.6 is 0 Å². The summed E-state index contributed by atoms with van der Waals surface area (Å²) in [5, 5.41) is 12.5. The minimum Gasteiger partial charge on any atom is -0.492 e. The van der Waals surface area contributed by atoms with Crippen LogP contribution in [0.1, 0.15) is 32.3 Å². The summed E-state index contributed by atoms with van der Waals surface area (Å²) in [6.07, 6.45) is 1.95. The van der Waals surface area contributed by atoms with Crippen LogP contribution < -0.4 is 4.74 Å². The molecule has 0 radical (unpaired) electrons. The van der Waals surface area contributed by atoms with Gasteiger partial charge in [0.15, 0.2) is 0 Å². The van der Waals surface area contributed by atoms with Crippen LogP contribution in [0, 0.1) is 17.2 Å². The van der Waals surface area contributed by atoms with Crippen LogP contribution in [0.4, 0.5) is 0 Å². The Balaban J connectivity index is 1.21. The molecule has 1 atom stereocenters. The van der Waals surface area contributed by atoms with Gasteiger partial charge in [-0.15, -0.1) is 0 Å². The van der Waals surface area contributed by atoms with Crippen LogP contribution in [-0.4, -0.2) is 55.7 Å². The number of fused-ring (bicyclic) bond motifs is 1. The van der Waals surface area contributed by atoms with Gasteiger partial charge in [0.25, 0.3) is 0 Å². The zero-order valence-electron chi connectivity index (χ0n) is 20.6. The molecule has 4 nitrogen and oxygen atoms in total. The van der Waals surface area contributed by atoms with Crippen LogP contribution in [-0.2, 0) is 5.41 Å². The summed E-state index contributed by atoms with van der Waals surface area (Å²) in [6.45, 7) is 11.4. The third-order valence-corrected chi connectivity index (χ3v) is 7.40. The van der Waals surface area contributed by atoms with Crippen LogP contribution in [0.2, 0.25) is 0 Å². The molecular weight excluding hydrogens is 418 g/mol. The van der Waals surface area contributed by atoms with Crippen LogP contribution in [0.15, 0.2) is 72.8 Å². The van der Waals surface area contributed by atoms with Gasteiger partial charge >= 0.3 is 0 Å². The summed E-state index contributed by atoms with van der Waals surface area (Å²) in [7, 11) is 0. The van der Waals surface area contributed by atoms with Gasteiger partial charge in [0.1, 0.15) is 12.4 Å². The number of rotatable bonds is 10. The Morgan fingerprint density at radius 2 is 1.50 bits per heavy atom. The van der Waals surface area contributed by atoms with Crippen molar-refractivity contribution in [2.45, 2.75) is 32.1 Å². The number of hydrogen-bond donors (Lipinski definition) is 0. The monoisotopic (exact) mass is 455 g/mol. The second-order valence-electron chi connectivity index (χ2n) is 9.72. The fraction of sp³-hybridized carbons (Fsp3) is 0.433. The molecule has 34 heavy (non-hydrogen) atoms. The van der Waals surface area contributed by atoms with Crippen LogP contribution in [0.3, 0.4) is 0 Å². The SMILES string of the molecule is CC(C)C(C#N)(CCCN1CCN(CCOc2cccc3ccccc23)CC1)c1ccccc1. The predicted octanol–water partition coefficient (Wildman–Crippen LogP) is 5.73. The third-order valence-electron chi connectivity index (χ3n) is 7.40. The lowest BCUT2D eigenvalue weighted by Crippen LogP contribution is -2.47. The average Bonchev–Trinajstić information content (AvgIpc) is 2.88. The quantitative estimate of drug-likeness (QED) is 0.391. The van der Waals surface area contributed by atoms with Crippen molar-refractivity contribution in [3.63, 3.8) is 0 Å². The summed E-state index contributed by atoms with van der Waals surface area (Å²) in [5.74, 6) is 1.26. The largest absolute Gasteiger partial charge is 0.492 e. The lowest BCUT2D eigenvalue weighted by Gasteiger charge is -2.36. The third kappa shape index (κ3) is 5.60. The smallest absolute Gasteiger partial charge is 0.127 e. The Kier molecular flexibility index (Phi) is 8.21. The lowest BCUT2D eigenvalue weighted by molar-refractivity contribution is 0.114. The molecule has 0 aromatic heterocycles. The van der Waals surface area contributed by atoms with Gasteiger partial charge in [0, 0.05) is 38.1 Å². The average molecular weight is 456 g/mol. The lowest BCUT2D eigenvalue weighted by atomic mass is 9.70. The van der Waals surface area contributed by atoms with Crippen molar-refractivity contribution < 1.29 is 4.74 Å². The van der Waals surface area contributed by atoms with E-state index in [1.54, 1.807) is 0 Å². The van der Waals surface area contributed by atoms with E-state index in [2.05, 4.69) is 84.3 Å². The van der Waals surface area contributed by atoms with Crippen LogP contribution in [0.5, 0.6) is 5.75 Å². The molecule has 3 aromatic carbocycles. The summed E-state index contributed by atoms with van der Waals surface area (Å²) in [4.78, 5) is 5.05. The second kappa shape index (κ2) is 11.5. The normalized spacial score (nSPS) is 16.9. The van der Waals surface area contributed by atoms with Gasteiger partial charge in [-0.3, -0.25) is 4.90 Å². The standard InChI is InChI=1S/C30H37N3O/c1-25(2)30(24-31,27-12-4-3-5-13-27)16-9-17-32-18-20-33(21-19-32)22-23-34-29-15-8-11-26-10-6-7-14-28(26)29/h3-8,10-15,25H,9,16-23H2,1-2H3. The van der Waals surface area contributed by atoms with Gasteiger partial charge in [-0.2, -0.15) is 5.26 Å². The number of benzene rings is 3. The van der Waals surface area contributed by atoms with Crippen molar-refractivity contribution in [3.05, 3.63) is 78.4 Å². The number of hydrogen-bond acceptors (Lipinski definition) is 4. The van der Waals surface area contributed by atoms with E-state index >= 15 is 0 Å². The molecule has 1 fully saturated rings. The minimum absolute atomic E-state index is 0.290. The highest BCUT2D eigenvalue weighted by molar-refractivity contribution is 5.88. The maximum absolute atomic E-state index is 10.1. The minimum atomic E-state index is -0.401. The van der Waals surface area contributed by atoms with Gasteiger partial charge < -0.3 is 9.64 Å². The van der Waals surface area contributed by atoms with Crippen molar-refractivity contribution in [3.8, 4) is 11.8 Å². The summed E-state index contributed by atoms with van der Waals surface area (Å²) < 4.78 is 6.14. The number of nitrogens with zero attached hydrogens (tertiary/aromatic N) is 3. The molecule has 0 spiro atoms. The van der Waals surface area contributed by atoms with Crippen molar-refractivity contribution in [2.24, 2.45) is 5.92 Å². The van der Waals surface area contributed by atoms with Crippen molar-refractivity contribution in [1.29, 1.82) is 5.26 Å². The van der Waals surface area contributed by atoms with E-state index in [4.69, 9.17) is 4.74 Å². The Labute approximate surface area is 204 Å². The first-order valence-electron chi connectivity index (χ1n) is 12.6. The molecule has 0 N–H and O–H groups in total. The van der Waals surface area contributed by atoms with Crippen molar-refractivity contribution in [2.75, 3.05) is 45.9 Å². The van der Waals surface area contributed by atoms with Gasteiger partial charge in [0.2, 0.25) is 0 Å². The zero-order valence-corrected chi connectivity index (χ0v) is 20.6. The van der Waals surface area contributed by atoms with E-state index in [0.29, 0.717) is 12.5 Å². The highest BCUT2D eigenvalue weighted by Gasteiger charge is 2.35. The molecule has 3 aromatic rings. The van der Waals surface area contributed by atoms with E-state index in [1.165, 1.54) is 10.8 Å². The predicted molar refractivity (Wildman–Crippen MR) is 140 cm³/mol. The summed E-state index contributed by atoms with van der Waals surface area (Å²) in [5.41, 5.74) is 0.755. The zero-order chi connectivity index (χ0) is 23.8. The number of nitriles is 1. The van der Waals surface area contributed by atoms with E-state index in [-0.39, 0.29) is 0 Å². The van der Waals surface area contributed by atoms with Gasteiger partial charge in [-0.05, 0) is 42.3 Å². The van der Waals surface area contributed by atoms with E-state index < -0.39 is 5.41 Å². The van der Waals surface area contributed by atoms with E-state index in [9.17, 15) is 5.26 Å². The Morgan fingerprint density at radius 3 is 2.21 bits per heavy atom. The molecule has 1 heterocycles. The first-order chi connectivity index (χ1) is 16.6. The molecule has 1 aliphatic heterocycles.